The number of carbonyl (C=O) groups excluding carboxylic acids is 2. The first-order valence-electron chi connectivity index (χ1n) is 7.19. The van der Waals surface area contributed by atoms with E-state index in [2.05, 4.69) is 10.3 Å². The fraction of sp³-hybridized carbons (Fsp3) is 0.312. The van der Waals surface area contributed by atoms with Crippen molar-refractivity contribution in [2.75, 3.05) is 18.9 Å². The number of anilines is 1. The summed E-state index contributed by atoms with van der Waals surface area (Å²) in [7, 11) is 1.66. The standard InChI is InChI=1S/C16H16FN3O2S/c1-9-18-13(8-23-9)10-7-20(2)16(22)14(10)15(21)19-12-6-4-3-5-11(12)17/h3-6,8,10,14H,7H2,1-2H3,(H,19,21)/t10-,14+/m1/s1. The van der Waals surface area contributed by atoms with E-state index in [0.717, 1.165) is 10.7 Å². The number of hydrogen-bond donors (Lipinski definition) is 1. The fourth-order valence-electron chi connectivity index (χ4n) is 2.78. The summed E-state index contributed by atoms with van der Waals surface area (Å²) in [5, 5.41) is 5.28. The predicted octanol–water partition coefficient (Wildman–Crippen LogP) is 2.40. The minimum atomic E-state index is -0.888. The molecule has 0 saturated carbocycles. The third-order valence-electron chi connectivity index (χ3n) is 3.95. The van der Waals surface area contributed by atoms with E-state index in [1.165, 1.54) is 28.4 Å². The summed E-state index contributed by atoms with van der Waals surface area (Å²) in [6, 6.07) is 5.90. The molecule has 5 nitrogen and oxygen atoms in total. The van der Waals surface area contributed by atoms with Gasteiger partial charge >= 0.3 is 0 Å². The number of likely N-dealkylation sites (N-methyl/N-ethyl adjacent to an activating group) is 1. The van der Waals surface area contributed by atoms with Gasteiger partial charge in [-0.2, -0.15) is 0 Å². The van der Waals surface area contributed by atoms with Gasteiger partial charge in [-0.25, -0.2) is 9.37 Å². The van der Waals surface area contributed by atoms with Gasteiger partial charge in [0, 0.05) is 24.9 Å². The number of aryl methyl sites for hydroxylation is 1. The van der Waals surface area contributed by atoms with Crippen molar-refractivity contribution in [1.82, 2.24) is 9.88 Å². The third kappa shape index (κ3) is 2.96. The largest absolute Gasteiger partial charge is 0.344 e. The Kier molecular flexibility index (Phi) is 4.12. The average molecular weight is 333 g/mol. The van der Waals surface area contributed by atoms with E-state index in [1.54, 1.807) is 19.2 Å². The first-order valence-corrected chi connectivity index (χ1v) is 8.07. The van der Waals surface area contributed by atoms with Crippen LogP contribution in [0.3, 0.4) is 0 Å². The van der Waals surface area contributed by atoms with Crippen molar-refractivity contribution in [2.24, 2.45) is 5.92 Å². The average Bonchev–Trinajstić information content (AvgIpc) is 3.06. The van der Waals surface area contributed by atoms with Crippen LogP contribution in [0.1, 0.15) is 16.6 Å². The van der Waals surface area contributed by atoms with E-state index in [1.807, 2.05) is 12.3 Å². The molecule has 2 heterocycles. The Morgan fingerprint density at radius 2 is 2.17 bits per heavy atom. The van der Waals surface area contributed by atoms with Crippen molar-refractivity contribution >= 4 is 28.8 Å². The highest BCUT2D eigenvalue weighted by atomic mass is 32.1. The molecule has 1 fully saturated rings. The quantitative estimate of drug-likeness (QED) is 0.878. The van der Waals surface area contributed by atoms with Crippen molar-refractivity contribution in [2.45, 2.75) is 12.8 Å². The number of nitrogens with one attached hydrogen (secondary N) is 1. The van der Waals surface area contributed by atoms with Crippen molar-refractivity contribution in [3.05, 3.63) is 46.2 Å². The number of thiazole rings is 1. The van der Waals surface area contributed by atoms with Crippen LogP contribution in [-0.2, 0) is 9.59 Å². The number of aromatic nitrogens is 1. The monoisotopic (exact) mass is 333 g/mol. The van der Waals surface area contributed by atoms with E-state index in [9.17, 15) is 14.0 Å². The Morgan fingerprint density at radius 3 is 2.83 bits per heavy atom. The number of amides is 2. The molecule has 0 unspecified atom stereocenters. The summed E-state index contributed by atoms with van der Waals surface area (Å²) >= 11 is 1.48. The molecule has 1 saturated heterocycles. The van der Waals surface area contributed by atoms with E-state index in [-0.39, 0.29) is 17.5 Å². The molecule has 0 aliphatic carbocycles. The molecule has 1 aromatic heterocycles. The lowest BCUT2D eigenvalue weighted by molar-refractivity contribution is -0.135. The van der Waals surface area contributed by atoms with Gasteiger partial charge in [0.05, 0.1) is 16.4 Å². The lowest BCUT2D eigenvalue weighted by Crippen LogP contribution is -2.33. The zero-order valence-corrected chi connectivity index (χ0v) is 13.6. The van der Waals surface area contributed by atoms with Gasteiger partial charge in [-0.15, -0.1) is 11.3 Å². The number of para-hydroxylation sites is 1. The zero-order chi connectivity index (χ0) is 16.6. The van der Waals surface area contributed by atoms with Gasteiger partial charge in [-0.3, -0.25) is 9.59 Å². The van der Waals surface area contributed by atoms with Gasteiger partial charge in [0.1, 0.15) is 11.7 Å². The Balaban J connectivity index is 1.87. The maximum atomic E-state index is 13.7. The molecule has 120 valence electrons. The number of nitrogens with zero attached hydrogens (tertiary/aromatic N) is 2. The molecule has 0 bridgehead atoms. The molecule has 2 amide bonds. The molecular weight excluding hydrogens is 317 g/mol. The molecule has 2 aromatic rings. The molecule has 0 spiro atoms. The minimum absolute atomic E-state index is 0.0769. The summed E-state index contributed by atoms with van der Waals surface area (Å²) in [6.07, 6.45) is 0. The summed E-state index contributed by atoms with van der Waals surface area (Å²) < 4.78 is 13.7. The summed E-state index contributed by atoms with van der Waals surface area (Å²) in [4.78, 5) is 30.8. The molecule has 1 N–H and O–H groups in total. The van der Waals surface area contributed by atoms with Crippen molar-refractivity contribution in [3.8, 4) is 0 Å². The number of carbonyl (C=O) groups is 2. The maximum absolute atomic E-state index is 13.7. The van der Waals surface area contributed by atoms with Gasteiger partial charge in [0.25, 0.3) is 0 Å². The first-order chi connectivity index (χ1) is 11.0. The predicted molar refractivity (Wildman–Crippen MR) is 85.7 cm³/mol. The van der Waals surface area contributed by atoms with E-state index in [4.69, 9.17) is 0 Å². The van der Waals surface area contributed by atoms with Gasteiger partial charge in [0.15, 0.2) is 0 Å². The molecule has 1 aromatic carbocycles. The molecular formula is C16H16FN3O2S. The Morgan fingerprint density at radius 1 is 1.43 bits per heavy atom. The number of halogens is 1. The van der Waals surface area contributed by atoms with Gasteiger partial charge < -0.3 is 10.2 Å². The molecule has 23 heavy (non-hydrogen) atoms. The normalized spacial score (nSPS) is 20.8. The summed E-state index contributed by atoms with van der Waals surface area (Å²) in [5.41, 5.74) is 0.812. The van der Waals surface area contributed by atoms with Crippen molar-refractivity contribution in [1.29, 1.82) is 0 Å². The molecule has 1 aliphatic rings. The number of likely N-dealkylation sites (tertiary alicyclic amines) is 1. The van der Waals surface area contributed by atoms with E-state index < -0.39 is 17.6 Å². The van der Waals surface area contributed by atoms with Crippen LogP contribution in [-0.4, -0.2) is 35.3 Å². The molecule has 1 aliphatic heterocycles. The smallest absolute Gasteiger partial charge is 0.237 e. The number of benzene rings is 1. The molecule has 2 atom stereocenters. The van der Waals surface area contributed by atoms with Crippen molar-refractivity contribution in [3.63, 3.8) is 0 Å². The molecule has 3 rings (SSSR count). The van der Waals surface area contributed by atoms with Crippen LogP contribution < -0.4 is 5.32 Å². The highest BCUT2D eigenvalue weighted by Gasteiger charge is 2.45. The summed E-state index contributed by atoms with van der Waals surface area (Å²) in [5.74, 6) is -2.50. The second-order valence-electron chi connectivity index (χ2n) is 5.56. The summed E-state index contributed by atoms with van der Waals surface area (Å²) in [6.45, 7) is 2.31. The lowest BCUT2D eigenvalue weighted by Gasteiger charge is -2.15. The highest BCUT2D eigenvalue weighted by molar-refractivity contribution is 7.09. The number of hydrogen-bond acceptors (Lipinski definition) is 4. The Labute approximate surface area is 137 Å². The third-order valence-corrected chi connectivity index (χ3v) is 4.74. The van der Waals surface area contributed by atoms with Gasteiger partial charge in [-0.05, 0) is 19.1 Å². The van der Waals surface area contributed by atoms with Crippen LogP contribution in [0.5, 0.6) is 0 Å². The molecule has 0 radical (unpaired) electrons. The topological polar surface area (TPSA) is 62.3 Å². The Hall–Kier alpha value is -2.28. The van der Waals surface area contributed by atoms with Crippen molar-refractivity contribution < 1.29 is 14.0 Å². The fourth-order valence-corrected chi connectivity index (χ4v) is 3.46. The van der Waals surface area contributed by atoms with Gasteiger partial charge in [-0.1, -0.05) is 12.1 Å². The molecule has 7 heteroatoms. The minimum Gasteiger partial charge on any atom is -0.344 e. The first kappa shape index (κ1) is 15.6. The lowest BCUT2D eigenvalue weighted by atomic mass is 9.92. The van der Waals surface area contributed by atoms with Crippen LogP contribution in [0.25, 0.3) is 0 Å². The van der Waals surface area contributed by atoms with Crippen LogP contribution in [0.2, 0.25) is 0 Å². The second kappa shape index (κ2) is 6.08. The van der Waals surface area contributed by atoms with Crippen LogP contribution in [0, 0.1) is 18.7 Å². The van der Waals surface area contributed by atoms with Crippen LogP contribution >= 0.6 is 11.3 Å². The van der Waals surface area contributed by atoms with Gasteiger partial charge in [0.2, 0.25) is 11.8 Å². The highest BCUT2D eigenvalue weighted by Crippen LogP contribution is 2.34. The second-order valence-corrected chi connectivity index (χ2v) is 6.63. The van der Waals surface area contributed by atoms with Crippen LogP contribution in [0.15, 0.2) is 29.6 Å². The van der Waals surface area contributed by atoms with E-state index >= 15 is 0 Å². The maximum Gasteiger partial charge on any atom is 0.237 e. The number of rotatable bonds is 3. The SMILES string of the molecule is Cc1nc([C@H]2CN(C)C(=O)[C@@H]2C(=O)Nc2ccccc2F)cs1. The Bertz CT molecular complexity index is 761. The van der Waals surface area contributed by atoms with Crippen LogP contribution in [0.4, 0.5) is 10.1 Å². The zero-order valence-electron chi connectivity index (χ0n) is 12.7. The van der Waals surface area contributed by atoms with E-state index in [0.29, 0.717) is 6.54 Å².